The van der Waals surface area contributed by atoms with Crippen molar-refractivity contribution < 1.29 is 18.7 Å². The maximum Gasteiger partial charge on any atom is 0.266 e. The summed E-state index contributed by atoms with van der Waals surface area (Å²) in [6.45, 7) is -1.26. The zero-order chi connectivity index (χ0) is 15.6. The van der Waals surface area contributed by atoms with E-state index in [1.54, 1.807) is 18.2 Å². The molecular formula is C13H13BrF2N2O2S. The normalized spacial score (nSPS) is 11.3. The predicted octanol–water partition coefficient (Wildman–Crippen LogP) is 2.95. The second kappa shape index (κ2) is 6.67. The number of amides is 1. The Hall–Kier alpha value is -1.25. The van der Waals surface area contributed by atoms with E-state index in [4.69, 9.17) is 10.8 Å². The number of carbonyl (C=O) groups is 1. The maximum atomic E-state index is 12.5. The molecule has 0 spiro atoms. The van der Waals surface area contributed by atoms with Crippen molar-refractivity contribution in [2.75, 3.05) is 25.4 Å². The third kappa shape index (κ3) is 3.33. The first kappa shape index (κ1) is 16.1. The number of carbonyl (C=O) groups excluding carboxylic acids is 1. The summed E-state index contributed by atoms with van der Waals surface area (Å²) in [6.07, 6.45) is -2.66. The second-order valence-electron chi connectivity index (χ2n) is 4.32. The zero-order valence-electron chi connectivity index (χ0n) is 10.9. The first-order chi connectivity index (χ1) is 9.95. The van der Waals surface area contributed by atoms with E-state index in [9.17, 15) is 13.6 Å². The first-order valence-corrected chi connectivity index (χ1v) is 7.71. The minimum atomic E-state index is -2.66. The first-order valence-electron chi connectivity index (χ1n) is 6.10. The van der Waals surface area contributed by atoms with Crippen LogP contribution in [0.3, 0.4) is 0 Å². The van der Waals surface area contributed by atoms with E-state index in [2.05, 4.69) is 15.9 Å². The summed E-state index contributed by atoms with van der Waals surface area (Å²) in [5.41, 5.74) is 6.26. The molecule has 0 aliphatic rings. The summed E-state index contributed by atoms with van der Waals surface area (Å²) in [4.78, 5) is 13.5. The van der Waals surface area contributed by atoms with Crippen molar-refractivity contribution in [1.82, 2.24) is 4.90 Å². The molecule has 1 heterocycles. The third-order valence-electron chi connectivity index (χ3n) is 2.91. The van der Waals surface area contributed by atoms with Crippen molar-refractivity contribution in [3.05, 3.63) is 27.5 Å². The molecule has 1 aromatic carbocycles. The van der Waals surface area contributed by atoms with Crippen LogP contribution in [0.1, 0.15) is 9.67 Å². The highest BCUT2D eigenvalue weighted by Crippen LogP contribution is 2.38. The average Bonchev–Trinajstić information content (AvgIpc) is 2.76. The standard InChI is InChI=1S/C13H13BrF2N2O2S/c14-7-2-1-3-8-10(7)11(17)12(21-8)13(20)18(4-5-19)6-9(15)16/h1-3,9,19H,4-6,17H2. The van der Waals surface area contributed by atoms with Crippen LogP contribution in [-0.4, -0.2) is 42.0 Å². The molecule has 21 heavy (non-hydrogen) atoms. The Labute approximate surface area is 132 Å². The van der Waals surface area contributed by atoms with E-state index in [1.165, 1.54) is 0 Å². The fraction of sp³-hybridized carbons (Fsp3) is 0.308. The van der Waals surface area contributed by atoms with Gasteiger partial charge >= 0.3 is 0 Å². The van der Waals surface area contributed by atoms with Gasteiger partial charge in [0.2, 0.25) is 0 Å². The fourth-order valence-electron chi connectivity index (χ4n) is 1.99. The Morgan fingerprint density at radius 2 is 2.19 bits per heavy atom. The van der Waals surface area contributed by atoms with Crippen LogP contribution in [0, 0.1) is 0 Å². The number of hydrogen-bond acceptors (Lipinski definition) is 4. The average molecular weight is 379 g/mol. The van der Waals surface area contributed by atoms with Crippen LogP contribution in [0.25, 0.3) is 10.1 Å². The lowest BCUT2D eigenvalue weighted by atomic mass is 10.2. The molecule has 0 saturated carbocycles. The number of fused-ring (bicyclic) bond motifs is 1. The number of alkyl halides is 2. The van der Waals surface area contributed by atoms with Gasteiger partial charge in [0.15, 0.2) is 0 Å². The van der Waals surface area contributed by atoms with Gasteiger partial charge in [0.1, 0.15) is 4.88 Å². The van der Waals surface area contributed by atoms with Gasteiger partial charge in [0, 0.05) is 21.1 Å². The molecule has 0 atom stereocenters. The molecular weight excluding hydrogens is 366 g/mol. The molecule has 2 rings (SSSR count). The molecule has 0 bridgehead atoms. The summed E-state index contributed by atoms with van der Waals surface area (Å²) in [5, 5.41) is 9.63. The van der Waals surface area contributed by atoms with Crippen molar-refractivity contribution in [2.24, 2.45) is 0 Å². The topological polar surface area (TPSA) is 66.6 Å². The number of nitrogens with zero attached hydrogens (tertiary/aromatic N) is 1. The molecule has 0 fully saturated rings. The Kier molecular flexibility index (Phi) is 5.13. The van der Waals surface area contributed by atoms with Crippen molar-refractivity contribution in [2.45, 2.75) is 6.43 Å². The number of thiophene rings is 1. The van der Waals surface area contributed by atoms with E-state index in [1.807, 2.05) is 0 Å². The van der Waals surface area contributed by atoms with Gasteiger partial charge in [0.05, 0.1) is 18.8 Å². The minimum absolute atomic E-state index is 0.155. The SMILES string of the molecule is Nc1c(C(=O)N(CCO)CC(F)F)sc2cccc(Br)c12. The van der Waals surface area contributed by atoms with Gasteiger partial charge in [-0.2, -0.15) is 0 Å². The summed E-state index contributed by atoms with van der Waals surface area (Å²) in [6, 6.07) is 5.41. The summed E-state index contributed by atoms with van der Waals surface area (Å²) in [7, 11) is 0. The number of nitrogen functional groups attached to an aromatic ring is 1. The largest absolute Gasteiger partial charge is 0.397 e. The lowest BCUT2D eigenvalue weighted by Gasteiger charge is -2.20. The van der Waals surface area contributed by atoms with Gasteiger partial charge in [-0.05, 0) is 12.1 Å². The van der Waals surface area contributed by atoms with Gasteiger partial charge in [-0.15, -0.1) is 11.3 Å². The quantitative estimate of drug-likeness (QED) is 0.840. The molecule has 1 amide bonds. The molecule has 0 aliphatic heterocycles. The molecule has 0 saturated heterocycles. The Bertz CT molecular complexity index is 663. The maximum absolute atomic E-state index is 12.5. The highest BCUT2D eigenvalue weighted by molar-refractivity contribution is 9.10. The van der Waals surface area contributed by atoms with Crippen molar-refractivity contribution in [3.8, 4) is 0 Å². The molecule has 1 aromatic heterocycles. The molecule has 0 radical (unpaired) electrons. The van der Waals surface area contributed by atoms with E-state index in [-0.39, 0.29) is 23.7 Å². The highest BCUT2D eigenvalue weighted by Gasteiger charge is 2.24. The van der Waals surface area contributed by atoms with Crippen LogP contribution in [0.2, 0.25) is 0 Å². The molecule has 2 aromatic rings. The Morgan fingerprint density at radius 1 is 1.48 bits per heavy atom. The van der Waals surface area contributed by atoms with E-state index < -0.39 is 18.9 Å². The smallest absolute Gasteiger partial charge is 0.266 e. The van der Waals surface area contributed by atoms with Crippen LogP contribution < -0.4 is 5.73 Å². The highest BCUT2D eigenvalue weighted by atomic mass is 79.9. The number of anilines is 1. The number of aliphatic hydroxyl groups is 1. The van der Waals surface area contributed by atoms with Crippen LogP contribution in [0.15, 0.2) is 22.7 Å². The Balaban J connectivity index is 2.42. The monoisotopic (exact) mass is 378 g/mol. The molecule has 0 unspecified atom stereocenters. The van der Waals surface area contributed by atoms with Crippen LogP contribution >= 0.6 is 27.3 Å². The summed E-state index contributed by atoms with van der Waals surface area (Å²) >= 11 is 4.51. The van der Waals surface area contributed by atoms with E-state index in [0.717, 1.165) is 25.4 Å². The molecule has 0 aliphatic carbocycles. The molecule has 8 heteroatoms. The molecule has 114 valence electrons. The molecule has 3 N–H and O–H groups in total. The fourth-order valence-corrected chi connectivity index (χ4v) is 3.82. The van der Waals surface area contributed by atoms with Gasteiger partial charge in [-0.25, -0.2) is 8.78 Å². The molecule has 4 nitrogen and oxygen atoms in total. The second-order valence-corrected chi connectivity index (χ2v) is 6.23. The van der Waals surface area contributed by atoms with Crippen LogP contribution in [-0.2, 0) is 0 Å². The third-order valence-corrected chi connectivity index (χ3v) is 4.73. The van der Waals surface area contributed by atoms with Crippen molar-refractivity contribution in [3.63, 3.8) is 0 Å². The summed E-state index contributed by atoms with van der Waals surface area (Å²) in [5.74, 6) is -0.588. The number of nitrogens with two attached hydrogens (primary N) is 1. The number of hydrogen-bond donors (Lipinski definition) is 2. The van der Waals surface area contributed by atoms with Crippen molar-refractivity contribution >= 4 is 48.9 Å². The number of benzene rings is 1. The zero-order valence-corrected chi connectivity index (χ0v) is 13.3. The minimum Gasteiger partial charge on any atom is -0.397 e. The van der Waals surface area contributed by atoms with Crippen molar-refractivity contribution in [1.29, 1.82) is 0 Å². The number of rotatable bonds is 5. The lowest BCUT2D eigenvalue weighted by molar-refractivity contribution is 0.0514. The van der Waals surface area contributed by atoms with Crippen LogP contribution in [0.4, 0.5) is 14.5 Å². The van der Waals surface area contributed by atoms with E-state index >= 15 is 0 Å². The van der Waals surface area contributed by atoms with Gasteiger partial charge in [0.25, 0.3) is 12.3 Å². The predicted molar refractivity (Wildman–Crippen MR) is 82.9 cm³/mol. The van der Waals surface area contributed by atoms with Gasteiger partial charge in [-0.1, -0.05) is 22.0 Å². The number of aliphatic hydroxyl groups excluding tert-OH is 1. The van der Waals surface area contributed by atoms with Gasteiger partial charge in [-0.3, -0.25) is 4.79 Å². The van der Waals surface area contributed by atoms with E-state index in [0.29, 0.717) is 5.39 Å². The number of halogens is 3. The van der Waals surface area contributed by atoms with Crippen LogP contribution in [0.5, 0.6) is 0 Å². The van der Waals surface area contributed by atoms with Gasteiger partial charge < -0.3 is 15.7 Å². The summed E-state index contributed by atoms with van der Waals surface area (Å²) < 4.78 is 26.6. The lowest BCUT2D eigenvalue weighted by Crippen LogP contribution is -2.37. The Morgan fingerprint density at radius 3 is 2.76 bits per heavy atom.